The molecular weight excluding hydrogens is 514 g/mol. The summed E-state index contributed by atoms with van der Waals surface area (Å²) in [6.45, 7) is 11.7. The average Bonchev–Trinajstić information content (AvgIpc) is 3.53. The second kappa shape index (κ2) is 12.1. The zero-order valence-corrected chi connectivity index (χ0v) is 24.7. The molecule has 0 radical (unpaired) electrons. The van der Waals surface area contributed by atoms with Crippen molar-refractivity contribution in [3.05, 3.63) is 27.5 Å². The molecule has 1 aliphatic heterocycles. The second-order valence-electron chi connectivity index (χ2n) is 12.7. The van der Waals surface area contributed by atoms with E-state index in [0.29, 0.717) is 55.9 Å². The lowest BCUT2D eigenvalue weighted by Gasteiger charge is -2.42. The lowest BCUT2D eigenvalue weighted by molar-refractivity contribution is -0.125. The minimum atomic E-state index is -1.05. The van der Waals surface area contributed by atoms with Crippen LogP contribution in [0.1, 0.15) is 94.1 Å². The monoisotopic (exact) mass is 557 g/mol. The van der Waals surface area contributed by atoms with E-state index in [2.05, 4.69) is 31.8 Å². The minimum absolute atomic E-state index is 0.0192. The summed E-state index contributed by atoms with van der Waals surface area (Å²) >= 11 is 1.13. The number of allylic oxidation sites excluding steroid dienone is 2. The molecule has 1 saturated carbocycles. The molecular formula is C31H43NO6S. The number of hydrogen-bond acceptors (Lipinski definition) is 6. The van der Waals surface area contributed by atoms with E-state index in [-0.39, 0.29) is 46.8 Å². The highest BCUT2D eigenvalue weighted by Crippen LogP contribution is 2.41. The predicted molar refractivity (Wildman–Crippen MR) is 153 cm³/mol. The third-order valence-corrected chi connectivity index (χ3v) is 9.09. The van der Waals surface area contributed by atoms with Crippen LogP contribution in [0.3, 0.4) is 0 Å². The van der Waals surface area contributed by atoms with Gasteiger partial charge in [0.05, 0.1) is 35.5 Å². The maximum absolute atomic E-state index is 14.2. The van der Waals surface area contributed by atoms with Crippen LogP contribution in [0.15, 0.2) is 17.7 Å². The van der Waals surface area contributed by atoms with Crippen LogP contribution < -0.4 is 4.90 Å². The van der Waals surface area contributed by atoms with E-state index < -0.39 is 11.6 Å². The molecule has 3 aliphatic rings. The fourth-order valence-electron chi connectivity index (χ4n) is 5.80. The molecule has 7 nitrogen and oxygen atoms in total. The highest BCUT2D eigenvalue weighted by molar-refractivity contribution is 7.15. The van der Waals surface area contributed by atoms with Crippen molar-refractivity contribution in [2.45, 2.75) is 97.3 Å². The zero-order chi connectivity index (χ0) is 28.4. The number of nitrogens with zero attached hydrogens (tertiary/aromatic N) is 1. The minimum Gasteiger partial charge on any atom is -0.477 e. The molecule has 0 bridgehead atoms. The fraction of sp³-hybridized carbons (Fsp3) is 0.677. The van der Waals surface area contributed by atoms with Crippen LogP contribution in [0.5, 0.6) is 0 Å². The number of amides is 1. The van der Waals surface area contributed by atoms with Gasteiger partial charge in [0, 0.05) is 24.0 Å². The molecule has 2 fully saturated rings. The van der Waals surface area contributed by atoms with Crippen molar-refractivity contribution in [1.82, 2.24) is 0 Å². The molecule has 3 atom stereocenters. The van der Waals surface area contributed by atoms with Gasteiger partial charge in [-0.1, -0.05) is 30.4 Å². The fourth-order valence-corrected chi connectivity index (χ4v) is 6.64. The maximum atomic E-state index is 14.2. The van der Waals surface area contributed by atoms with Gasteiger partial charge in [-0.3, -0.25) is 4.79 Å². The molecule has 1 aromatic rings. The van der Waals surface area contributed by atoms with Crippen molar-refractivity contribution in [3.63, 3.8) is 0 Å². The topological polar surface area (TPSA) is 96.3 Å². The Morgan fingerprint density at radius 1 is 1.26 bits per heavy atom. The number of aromatic carboxylic acids is 1. The number of rotatable bonds is 7. The van der Waals surface area contributed by atoms with Crippen molar-refractivity contribution in [2.24, 2.45) is 17.3 Å². The van der Waals surface area contributed by atoms with Gasteiger partial charge in [0.2, 0.25) is 5.91 Å². The zero-order valence-electron chi connectivity index (χ0n) is 23.9. The Morgan fingerprint density at radius 2 is 1.97 bits per heavy atom. The number of anilines is 1. The van der Waals surface area contributed by atoms with E-state index in [1.54, 1.807) is 11.0 Å². The first-order chi connectivity index (χ1) is 18.3. The summed E-state index contributed by atoms with van der Waals surface area (Å²) in [5.74, 6) is 5.19. The van der Waals surface area contributed by atoms with Gasteiger partial charge in [0.1, 0.15) is 4.88 Å². The Kier molecular flexibility index (Phi) is 9.27. The first-order valence-electron chi connectivity index (χ1n) is 14.2. The Bertz CT molecular complexity index is 1140. The van der Waals surface area contributed by atoms with Crippen LogP contribution >= 0.6 is 11.3 Å². The maximum Gasteiger partial charge on any atom is 0.348 e. The van der Waals surface area contributed by atoms with Crippen molar-refractivity contribution in [1.29, 1.82) is 0 Å². The number of carboxylic acids is 1. The SMILES string of the molecule is CC1=CCC(C(=O)N(c2cc(C#CC(C)(C)C)sc2C(=O)O)C2CCC(O)(CO[C@H]3CCOC3)CC2)[C@H](C)C1. The van der Waals surface area contributed by atoms with Crippen LogP contribution in [-0.4, -0.2) is 59.7 Å². The van der Waals surface area contributed by atoms with Gasteiger partial charge in [0.15, 0.2) is 0 Å². The highest BCUT2D eigenvalue weighted by atomic mass is 32.1. The molecule has 8 heteroatoms. The molecule has 0 aromatic carbocycles. The Labute approximate surface area is 236 Å². The van der Waals surface area contributed by atoms with Gasteiger partial charge in [-0.25, -0.2) is 4.79 Å². The van der Waals surface area contributed by atoms with Crippen LogP contribution in [0, 0.1) is 29.1 Å². The molecule has 4 rings (SSSR count). The Balaban J connectivity index is 1.62. The van der Waals surface area contributed by atoms with Gasteiger partial charge in [-0.15, -0.1) is 11.3 Å². The molecule has 1 unspecified atom stereocenters. The molecule has 39 heavy (non-hydrogen) atoms. The van der Waals surface area contributed by atoms with Gasteiger partial charge < -0.3 is 24.6 Å². The van der Waals surface area contributed by atoms with Crippen LogP contribution in [0.4, 0.5) is 5.69 Å². The number of carboxylic acid groups (broad SMARTS) is 1. The number of ether oxygens (including phenoxy) is 2. The first-order valence-corrected chi connectivity index (χ1v) is 15.0. The van der Waals surface area contributed by atoms with Crippen molar-refractivity contribution in [2.75, 3.05) is 24.7 Å². The van der Waals surface area contributed by atoms with E-state index in [0.717, 1.165) is 24.2 Å². The van der Waals surface area contributed by atoms with Gasteiger partial charge >= 0.3 is 5.97 Å². The molecule has 2 heterocycles. The Hall–Kier alpha value is -2.18. The summed E-state index contributed by atoms with van der Waals surface area (Å²) < 4.78 is 11.3. The summed E-state index contributed by atoms with van der Waals surface area (Å²) in [5.41, 5.74) is 0.531. The smallest absolute Gasteiger partial charge is 0.348 e. The molecule has 1 aromatic heterocycles. The number of thiophene rings is 1. The molecule has 0 spiro atoms. The van der Waals surface area contributed by atoms with E-state index in [4.69, 9.17) is 9.47 Å². The molecule has 2 aliphatic carbocycles. The predicted octanol–water partition coefficient (Wildman–Crippen LogP) is 5.65. The number of hydrogen-bond donors (Lipinski definition) is 2. The Morgan fingerprint density at radius 3 is 2.56 bits per heavy atom. The number of carbonyl (C=O) groups excluding carboxylic acids is 1. The lowest BCUT2D eigenvalue weighted by Crippen LogP contribution is -2.51. The average molecular weight is 558 g/mol. The van der Waals surface area contributed by atoms with Crippen molar-refractivity contribution in [3.8, 4) is 11.8 Å². The van der Waals surface area contributed by atoms with Gasteiger partial charge in [-0.05, 0) is 84.6 Å². The summed E-state index contributed by atoms with van der Waals surface area (Å²) in [6.07, 6.45) is 6.61. The van der Waals surface area contributed by atoms with E-state index in [1.807, 2.05) is 20.8 Å². The third kappa shape index (κ3) is 7.52. The number of aliphatic hydroxyl groups is 1. The highest BCUT2D eigenvalue weighted by Gasteiger charge is 2.42. The van der Waals surface area contributed by atoms with Crippen LogP contribution in [0.2, 0.25) is 0 Å². The summed E-state index contributed by atoms with van der Waals surface area (Å²) in [4.78, 5) is 29.2. The van der Waals surface area contributed by atoms with Crippen molar-refractivity contribution < 1.29 is 29.3 Å². The van der Waals surface area contributed by atoms with Crippen molar-refractivity contribution >= 4 is 28.9 Å². The summed E-state index contributed by atoms with van der Waals surface area (Å²) in [6, 6.07) is 1.58. The summed E-state index contributed by atoms with van der Waals surface area (Å²) in [7, 11) is 0. The van der Waals surface area contributed by atoms with Gasteiger partial charge in [-0.2, -0.15) is 0 Å². The van der Waals surface area contributed by atoms with Crippen LogP contribution in [-0.2, 0) is 14.3 Å². The third-order valence-electron chi connectivity index (χ3n) is 8.06. The normalized spacial score (nSPS) is 29.3. The molecule has 1 amide bonds. The quantitative estimate of drug-likeness (QED) is 0.332. The molecule has 214 valence electrons. The van der Waals surface area contributed by atoms with Crippen LogP contribution in [0.25, 0.3) is 0 Å². The molecule has 1 saturated heterocycles. The van der Waals surface area contributed by atoms with E-state index >= 15 is 0 Å². The van der Waals surface area contributed by atoms with E-state index in [9.17, 15) is 19.8 Å². The van der Waals surface area contributed by atoms with Gasteiger partial charge in [0.25, 0.3) is 0 Å². The largest absolute Gasteiger partial charge is 0.477 e. The standard InChI is InChI=1S/C31H43NO6S/c1-20-6-7-25(21(2)16-20)28(33)32(26-17-24(10-12-30(3,4)5)39-27(26)29(34)35)22-8-13-31(36,14-9-22)19-38-23-11-15-37-18-23/h6,17,21-23,25,36H,7-9,11,13-16,18-19H2,1-5H3,(H,34,35)/t21-,22?,23+,25?,31?/m1/s1. The lowest BCUT2D eigenvalue weighted by atomic mass is 9.78. The number of carbonyl (C=O) groups is 2. The second-order valence-corrected chi connectivity index (χ2v) is 13.7. The van der Waals surface area contributed by atoms with E-state index in [1.165, 1.54) is 5.57 Å². The first kappa shape index (κ1) is 29.8. The molecule has 2 N–H and O–H groups in total. The summed E-state index contributed by atoms with van der Waals surface area (Å²) in [5, 5.41) is 21.4.